The van der Waals surface area contributed by atoms with E-state index in [4.69, 9.17) is 4.74 Å². The van der Waals surface area contributed by atoms with Crippen molar-refractivity contribution in [2.45, 2.75) is 13.8 Å². The van der Waals surface area contributed by atoms with Crippen LogP contribution in [0.15, 0.2) is 34.1 Å². The van der Waals surface area contributed by atoms with Crippen molar-refractivity contribution in [3.63, 3.8) is 0 Å². The Morgan fingerprint density at radius 3 is 2.50 bits per heavy atom. The molecule has 94 valence electrons. The van der Waals surface area contributed by atoms with Crippen molar-refractivity contribution in [1.82, 2.24) is 0 Å². The zero-order chi connectivity index (χ0) is 13.1. The van der Waals surface area contributed by atoms with Gasteiger partial charge < -0.3 is 4.74 Å². The van der Waals surface area contributed by atoms with Gasteiger partial charge in [0.05, 0.1) is 4.88 Å². The Labute approximate surface area is 119 Å². The summed E-state index contributed by atoms with van der Waals surface area (Å²) < 4.78 is 6.48. The second-order valence-electron chi connectivity index (χ2n) is 4.03. The third-order valence-electron chi connectivity index (χ3n) is 2.63. The van der Waals surface area contributed by atoms with Gasteiger partial charge in [0.2, 0.25) is 5.78 Å². The minimum atomic E-state index is -0.000437. The summed E-state index contributed by atoms with van der Waals surface area (Å²) in [5, 5.41) is 1.89. The van der Waals surface area contributed by atoms with Crippen LogP contribution >= 0.6 is 27.3 Å². The quantitative estimate of drug-likeness (QED) is 0.780. The Kier molecular flexibility index (Phi) is 4.19. The molecule has 18 heavy (non-hydrogen) atoms. The molecule has 0 bridgehead atoms. The normalized spacial score (nSPS) is 10.4. The molecule has 1 aromatic heterocycles. The van der Waals surface area contributed by atoms with E-state index in [0.29, 0.717) is 4.88 Å². The Bertz CT molecular complexity index is 555. The Hall–Kier alpha value is -1.13. The van der Waals surface area contributed by atoms with Crippen molar-refractivity contribution in [3.8, 4) is 5.75 Å². The molecule has 0 aliphatic heterocycles. The van der Waals surface area contributed by atoms with Crippen LogP contribution in [-0.4, -0.2) is 12.4 Å². The minimum absolute atomic E-state index is 0.000437. The lowest BCUT2D eigenvalue weighted by Crippen LogP contribution is -2.11. The Balaban J connectivity index is 2.09. The fourth-order valence-corrected chi connectivity index (χ4v) is 3.24. The second kappa shape index (κ2) is 5.67. The molecule has 0 unspecified atom stereocenters. The monoisotopic (exact) mass is 324 g/mol. The lowest BCUT2D eigenvalue weighted by Gasteiger charge is -2.10. The predicted molar refractivity (Wildman–Crippen MR) is 77.8 cm³/mol. The van der Waals surface area contributed by atoms with Gasteiger partial charge in [-0.2, -0.15) is 0 Å². The smallest absolute Gasteiger partial charge is 0.211 e. The maximum Gasteiger partial charge on any atom is 0.211 e. The SMILES string of the molecule is Cc1cccc(C)c1OCC(=O)c1sccc1Br. The number of hydrogen-bond donors (Lipinski definition) is 0. The summed E-state index contributed by atoms with van der Waals surface area (Å²) in [6.45, 7) is 4.03. The highest BCUT2D eigenvalue weighted by molar-refractivity contribution is 9.10. The summed E-state index contributed by atoms with van der Waals surface area (Å²) in [5.74, 6) is 0.804. The van der Waals surface area contributed by atoms with Crippen LogP contribution in [0.25, 0.3) is 0 Å². The van der Waals surface area contributed by atoms with E-state index in [9.17, 15) is 4.79 Å². The molecule has 0 saturated heterocycles. The average molecular weight is 325 g/mol. The van der Waals surface area contributed by atoms with E-state index in [0.717, 1.165) is 21.3 Å². The number of thiophene rings is 1. The van der Waals surface area contributed by atoms with Crippen LogP contribution in [0.1, 0.15) is 20.8 Å². The number of halogens is 1. The van der Waals surface area contributed by atoms with Gasteiger partial charge in [0.25, 0.3) is 0 Å². The molecule has 0 aliphatic rings. The lowest BCUT2D eigenvalue weighted by atomic mass is 10.1. The molecule has 0 N–H and O–H groups in total. The van der Waals surface area contributed by atoms with Gasteiger partial charge in [-0.15, -0.1) is 11.3 Å². The number of para-hydroxylation sites is 1. The molecule has 1 heterocycles. The average Bonchev–Trinajstić information content (AvgIpc) is 2.74. The zero-order valence-corrected chi connectivity index (χ0v) is 12.6. The maximum absolute atomic E-state index is 12.0. The number of rotatable bonds is 4. The van der Waals surface area contributed by atoms with Gasteiger partial charge in [0, 0.05) is 4.47 Å². The Morgan fingerprint density at radius 1 is 1.28 bits per heavy atom. The molecule has 4 heteroatoms. The van der Waals surface area contributed by atoms with E-state index >= 15 is 0 Å². The molecule has 0 aliphatic carbocycles. The molecular weight excluding hydrogens is 312 g/mol. The molecule has 0 amide bonds. The maximum atomic E-state index is 12.0. The summed E-state index contributed by atoms with van der Waals surface area (Å²) in [6.07, 6.45) is 0. The van der Waals surface area contributed by atoms with E-state index < -0.39 is 0 Å². The number of Topliss-reactive ketones (excluding diaryl/α,β-unsaturated/α-hetero) is 1. The molecule has 1 aromatic carbocycles. The minimum Gasteiger partial charge on any atom is -0.485 e. The van der Waals surface area contributed by atoms with E-state index in [-0.39, 0.29) is 12.4 Å². The van der Waals surface area contributed by atoms with Crippen LogP contribution in [0, 0.1) is 13.8 Å². The topological polar surface area (TPSA) is 26.3 Å². The fraction of sp³-hybridized carbons (Fsp3) is 0.214. The Morgan fingerprint density at radius 2 is 1.94 bits per heavy atom. The molecule has 0 radical (unpaired) electrons. The highest BCUT2D eigenvalue weighted by Crippen LogP contribution is 2.25. The molecular formula is C14H13BrO2S. The highest BCUT2D eigenvalue weighted by atomic mass is 79.9. The van der Waals surface area contributed by atoms with Crippen LogP contribution in [0.3, 0.4) is 0 Å². The van der Waals surface area contributed by atoms with Crippen molar-refractivity contribution < 1.29 is 9.53 Å². The van der Waals surface area contributed by atoms with Crippen LogP contribution in [0.4, 0.5) is 0 Å². The molecule has 0 fully saturated rings. The van der Waals surface area contributed by atoms with E-state index in [1.165, 1.54) is 11.3 Å². The number of ether oxygens (including phenoxy) is 1. The van der Waals surface area contributed by atoms with Crippen LogP contribution in [0.2, 0.25) is 0 Å². The first-order valence-corrected chi connectivity index (χ1v) is 7.22. The van der Waals surface area contributed by atoms with E-state index in [2.05, 4.69) is 15.9 Å². The zero-order valence-electron chi connectivity index (χ0n) is 10.2. The summed E-state index contributed by atoms with van der Waals surface area (Å²) in [6, 6.07) is 7.81. The molecule has 0 atom stereocenters. The fourth-order valence-electron chi connectivity index (χ4n) is 1.72. The molecule has 2 rings (SSSR count). The van der Waals surface area contributed by atoms with Crippen molar-refractivity contribution in [3.05, 3.63) is 50.1 Å². The van der Waals surface area contributed by atoms with Crippen LogP contribution in [-0.2, 0) is 0 Å². The van der Waals surface area contributed by atoms with Gasteiger partial charge in [-0.1, -0.05) is 18.2 Å². The van der Waals surface area contributed by atoms with Crippen LogP contribution < -0.4 is 4.74 Å². The van der Waals surface area contributed by atoms with Gasteiger partial charge in [-0.25, -0.2) is 0 Å². The molecule has 2 aromatic rings. The van der Waals surface area contributed by atoms with E-state index in [1.54, 1.807) is 0 Å². The summed E-state index contributed by atoms with van der Waals surface area (Å²) in [7, 11) is 0. The third kappa shape index (κ3) is 2.82. The molecule has 0 saturated carbocycles. The first-order chi connectivity index (χ1) is 8.59. The van der Waals surface area contributed by atoms with Crippen LogP contribution in [0.5, 0.6) is 5.75 Å². The molecule has 2 nitrogen and oxygen atoms in total. The third-order valence-corrected chi connectivity index (χ3v) is 4.51. The van der Waals surface area contributed by atoms with Gasteiger partial charge in [-0.05, 0) is 52.4 Å². The standard InChI is InChI=1S/C14H13BrO2S/c1-9-4-3-5-10(2)13(9)17-8-12(16)14-11(15)6-7-18-14/h3-7H,8H2,1-2H3. The van der Waals surface area contributed by atoms with Gasteiger partial charge in [0.15, 0.2) is 6.61 Å². The highest BCUT2D eigenvalue weighted by Gasteiger charge is 2.13. The summed E-state index contributed by atoms with van der Waals surface area (Å²) >= 11 is 4.78. The second-order valence-corrected chi connectivity index (χ2v) is 5.80. The van der Waals surface area contributed by atoms with Gasteiger partial charge in [-0.3, -0.25) is 4.79 Å². The molecule has 0 spiro atoms. The van der Waals surface area contributed by atoms with Gasteiger partial charge in [0.1, 0.15) is 5.75 Å². The number of hydrogen-bond acceptors (Lipinski definition) is 3. The van der Waals surface area contributed by atoms with Crippen molar-refractivity contribution in [2.24, 2.45) is 0 Å². The summed E-state index contributed by atoms with van der Waals surface area (Å²) in [4.78, 5) is 12.7. The first-order valence-electron chi connectivity index (χ1n) is 5.55. The number of ketones is 1. The van der Waals surface area contributed by atoms with Crippen molar-refractivity contribution in [1.29, 1.82) is 0 Å². The van der Waals surface area contributed by atoms with Gasteiger partial charge >= 0.3 is 0 Å². The largest absolute Gasteiger partial charge is 0.485 e. The van der Waals surface area contributed by atoms with Crippen molar-refractivity contribution >= 4 is 33.0 Å². The predicted octanol–water partition coefficient (Wildman–Crippen LogP) is 4.39. The first kappa shape index (κ1) is 13.3. The van der Waals surface area contributed by atoms with E-state index in [1.807, 2.05) is 43.5 Å². The lowest BCUT2D eigenvalue weighted by molar-refractivity contribution is 0.0924. The number of aryl methyl sites for hydroxylation is 2. The number of carbonyl (C=O) groups is 1. The number of carbonyl (C=O) groups excluding carboxylic acids is 1. The van der Waals surface area contributed by atoms with Crippen molar-refractivity contribution in [2.75, 3.05) is 6.61 Å². The summed E-state index contributed by atoms with van der Waals surface area (Å²) in [5.41, 5.74) is 2.10. The number of benzene rings is 1.